The summed E-state index contributed by atoms with van der Waals surface area (Å²) in [4.78, 5) is 25.2. The van der Waals surface area contributed by atoms with Gasteiger partial charge >= 0.3 is 0 Å². The first-order valence-corrected chi connectivity index (χ1v) is 6.12. The van der Waals surface area contributed by atoms with E-state index >= 15 is 0 Å². The Morgan fingerprint density at radius 3 is 2.89 bits per heavy atom. The van der Waals surface area contributed by atoms with Crippen LogP contribution in [0, 0.1) is 6.92 Å². The maximum absolute atomic E-state index is 12.4. The van der Waals surface area contributed by atoms with Gasteiger partial charge in [-0.05, 0) is 18.6 Å². The molecule has 19 heavy (non-hydrogen) atoms. The molecule has 2 rings (SSSR count). The molecule has 0 radical (unpaired) electrons. The van der Waals surface area contributed by atoms with Gasteiger partial charge in [0, 0.05) is 19.6 Å². The summed E-state index contributed by atoms with van der Waals surface area (Å²) in [5, 5.41) is 13.0. The topological polar surface area (TPSA) is 95.7 Å². The van der Waals surface area contributed by atoms with Gasteiger partial charge in [0.25, 0.3) is 5.91 Å². The highest BCUT2D eigenvalue weighted by Gasteiger charge is 2.32. The number of phenols is 1. The number of aryl methyl sites for hydroxylation is 1. The number of rotatable bonds is 2. The number of hydrogen-bond acceptors (Lipinski definition) is 4. The van der Waals surface area contributed by atoms with Gasteiger partial charge in [-0.15, -0.1) is 0 Å². The number of carbonyl (C=O) groups excluding carboxylic acids is 2. The lowest BCUT2D eigenvalue weighted by Crippen LogP contribution is -2.58. The van der Waals surface area contributed by atoms with Crippen molar-refractivity contribution in [1.82, 2.24) is 10.2 Å². The Morgan fingerprint density at radius 1 is 1.47 bits per heavy atom. The minimum absolute atomic E-state index is 0.0470. The van der Waals surface area contributed by atoms with Crippen molar-refractivity contribution in [3.63, 3.8) is 0 Å². The van der Waals surface area contributed by atoms with E-state index in [-0.39, 0.29) is 17.2 Å². The summed E-state index contributed by atoms with van der Waals surface area (Å²) < 4.78 is 0. The van der Waals surface area contributed by atoms with Gasteiger partial charge in [-0.25, -0.2) is 0 Å². The summed E-state index contributed by atoms with van der Waals surface area (Å²) in [5.41, 5.74) is 6.13. The first kappa shape index (κ1) is 13.4. The number of nitrogens with one attached hydrogen (secondary N) is 1. The summed E-state index contributed by atoms with van der Waals surface area (Å²) in [6.07, 6.45) is 0. The Balaban J connectivity index is 2.31. The van der Waals surface area contributed by atoms with Gasteiger partial charge in [0.05, 0.1) is 5.56 Å². The molecule has 1 aromatic rings. The Kier molecular flexibility index (Phi) is 3.71. The van der Waals surface area contributed by atoms with E-state index in [1.54, 1.807) is 25.1 Å². The van der Waals surface area contributed by atoms with Crippen molar-refractivity contribution < 1.29 is 14.7 Å². The van der Waals surface area contributed by atoms with E-state index in [1.165, 1.54) is 4.90 Å². The molecule has 1 saturated heterocycles. The second-order valence-corrected chi connectivity index (χ2v) is 4.59. The zero-order valence-electron chi connectivity index (χ0n) is 10.7. The summed E-state index contributed by atoms with van der Waals surface area (Å²) >= 11 is 0. The molecule has 4 N–H and O–H groups in total. The van der Waals surface area contributed by atoms with Crippen molar-refractivity contribution in [2.75, 3.05) is 19.6 Å². The molecular weight excluding hydrogens is 246 g/mol. The van der Waals surface area contributed by atoms with Crippen LogP contribution >= 0.6 is 0 Å². The molecule has 0 saturated carbocycles. The Morgan fingerprint density at radius 2 is 2.21 bits per heavy atom. The Hall–Kier alpha value is -2.08. The zero-order valence-corrected chi connectivity index (χ0v) is 10.7. The Labute approximate surface area is 111 Å². The second-order valence-electron chi connectivity index (χ2n) is 4.59. The highest BCUT2D eigenvalue weighted by atomic mass is 16.3. The molecule has 6 heteroatoms. The fourth-order valence-electron chi connectivity index (χ4n) is 2.19. The predicted molar refractivity (Wildman–Crippen MR) is 69.7 cm³/mol. The van der Waals surface area contributed by atoms with Crippen LogP contribution in [0.15, 0.2) is 18.2 Å². The zero-order chi connectivity index (χ0) is 14.0. The molecule has 0 aliphatic carbocycles. The molecule has 102 valence electrons. The molecule has 0 aromatic heterocycles. The lowest BCUT2D eigenvalue weighted by atomic mass is 10.1. The molecule has 1 aromatic carbocycles. The van der Waals surface area contributed by atoms with Crippen LogP contribution in [0.1, 0.15) is 15.9 Å². The van der Waals surface area contributed by atoms with E-state index in [0.717, 1.165) is 0 Å². The molecule has 1 aliphatic heterocycles. The van der Waals surface area contributed by atoms with E-state index in [9.17, 15) is 14.7 Å². The van der Waals surface area contributed by atoms with Gasteiger partial charge in [-0.2, -0.15) is 0 Å². The number of amides is 2. The van der Waals surface area contributed by atoms with Crippen molar-refractivity contribution in [1.29, 1.82) is 0 Å². The third kappa shape index (κ3) is 2.53. The summed E-state index contributed by atoms with van der Waals surface area (Å²) in [6, 6.07) is 4.28. The first-order chi connectivity index (χ1) is 9.02. The normalized spacial score (nSPS) is 19.2. The molecular formula is C13H17N3O3. The number of nitrogens with zero attached hydrogens (tertiary/aromatic N) is 1. The lowest BCUT2D eigenvalue weighted by molar-refractivity contribution is -0.122. The largest absolute Gasteiger partial charge is 0.507 e. The van der Waals surface area contributed by atoms with Crippen LogP contribution < -0.4 is 11.1 Å². The fraction of sp³-hybridized carbons (Fsp3) is 0.385. The summed E-state index contributed by atoms with van der Waals surface area (Å²) in [7, 11) is 0. The third-order valence-electron chi connectivity index (χ3n) is 3.30. The monoisotopic (exact) mass is 263 g/mol. The van der Waals surface area contributed by atoms with E-state index in [4.69, 9.17) is 5.73 Å². The number of piperazine rings is 1. The van der Waals surface area contributed by atoms with Crippen LogP contribution in [0.4, 0.5) is 0 Å². The number of benzene rings is 1. The quantitative estimate of drug-likeness (QED) is 0.676. The van der Waals surface area contributed by atoms with Gasteiger partial charge in [-0.3, -0.25) is 9.59 Å². The second kappa shape index (κ2) is 5.27. The molecule has 2 amide bonds. The van der Waals surface area contributed by atoms with Crippen molar-refractivity contribution in [3.05, 3.63) is 29.3 Å². The summed E-state index contributed by atoms with van der Waals surface area (Å²) in [5.74, 6) is -0.964. The van der Waals surface area contributed by atoms with Crippen LogP contribution in [0.25, 0.3) is 0 Å². The predicted octanol–water partition coefficient (Wildman–Crippen LogP) is -0.400. The molecule has 6 nitrogen and oxygen atoms in total. The number of aromatic hydroxyl groups is 1. The maximum atomic E-state index is 12.4. The van der Waals surface area contributed by atoms with Crippen LogP contribution in [-0.4, -0.2) is 47.5 Å². The van der Waals surface area contributed by atoms with Crippen molar-refractivity contribution >= 4 is 11.8 Å². The smallest absolute Gasteiger partial charge is 0.258 e. The number of para-hydroxylation sites is 1. The number of nitrogens with two attached hydrogens (primary N) is 1. The summed E-state index contributed by atoms with van der Waals surface area (Å²) in [6.45, 7) is 3.05. The Bertz CT molecular complexity index is 516. The number of carbonyl (C=O) groups is 2. The number of phenolic OH excluding ortho intramolecular Hbond substituents is 1. The van der Waals surface area contributed by atoms with Crippen molar-refractivity contribution in [2.45, 2.75) is 13.0 Å². The van der Waals surface area contributed by atoms with E-state index in [2.05, 4.69) is 5.32 Å². The average molecular weight is 263 g/mol. The van der Waals surface area contributed by atoms with E-state index in [1.807, 2.05) is 0 Å². The highest BCUT2D eigenvalue weighted by Crippen LogP contribution is 2.23. The first-order valence-electron chi connectivity index (χ1n) is 6.12. The molecule has 0 bridgehead atoms. The minimum Gasteiger partial charge on any atom is -0.507 e. The van der Waals surface area contributed by atoms with E-state index in [0.29, 0.717) is 25.2 Å². The van der Waals surface area contributed by atoms with Crippen molar-refractivity contribution in [2.24, 2.45) is 5.73 Å². The van der Waals surface area contributed by atoms with Crippen LogP contribution in [0.2, 0.25) is 0 Å². The van der Waals surface area contributed by atoms with E-state index < -0.39 is 11.9 Å². The molecule has 1 unspecified atom stereocenters. The van der Waals surface area contributed by atoms with Gasteiger partial charge in [-0.1, -0.05) is 12.1 Å². The van der Waals surface area contributed by atoms with Crippen molar-refractivity contribution in [3.8, 4) is 5.75 Å². The molecule has 1 heterocycles. The molecule has 1 fully saturated rings. The molecule has 1 atom stereocenters. The van der Waals surface area contributed by atoms with Crippen LogP contribution in [-0.2, 0) is 4.79 Å². The highest BCUT2D eigenvalue weighted by molar-refractivity contribution is 5.99. The maximum Gasteiger partial charge on any atom is 0.258 e. The fourth-order valence-corrected chi connectivity index (χ4v) is 2.19. The van der Waals surface area contributed by atoms with Crippen LogP contribution in [0.3, 0.4) is 0 Å². The lowest BCUT2D eigenvalue weighted by Gasteiger charge is -2.34. The van der Waals surface area contributed by atoms with Gasteiger partial charge in [0.15, 0.2) is 0 Å². The van der Waals surface area contributed by atoms with Crippen LogP contribution in [0.5, 0.6) is 5.75 Å². The standard InChI is InChI=1S/C13H17N3O3/c1-8-3-2-4-9(11(8)17)13(19)16-6-5-15-7-10(16)12(14)18/h2-4,10,15,17H,5-7H2,1H3,(H2,14,18). The molecule has 1 aliphatic rings. The van der Waals surface area contributed by atoms with Gasteiger partial charge in [0.1, 0.15) is 11.8 Å². The third-order valence-corrected chi connectivity index (χ3v) is 3.30. The SMILES string of the molecule is Cc1cccc(C(=O)N2CCNCC2C(N)=O)c1O. The van der Waals surface area contributed by atoms with Gasteiger partial charge < -0.3 is 21.1 Å². The average Bonchev–Trinajstić information content (AvgIpc) is 2.41. The number of hydrogen-bond donors (Lipinski definition) is 3. The van der Waals surface area contributed by atoms with Gasteiger partial charge in [0.2, 0.25) is 5.91 Å². The number of primary amides is 1. The minimum atomic E-state index is -0.679. The molecule has 0 spiro atoms.